The monoisotopic (exact) mass is 449 g/mol. The highest BCUT2D eigenvalue weighted by molar-refractivity contribution is 5.50. The van der Waals surface area contributed by atoms with Crippen LogP contribution in [0.2, 0.25) is 0 Å². The Bertz CT molecular complexity index is 977. The molecule has 2 aromatic rings. The van der Waals surface area contributed by atoms with Gasteiger partial charge in [-0.3, -0.25) is 4.90 Å². The van der Waals surface area contributed by atoms with Gasteiger partial charge in [-0.1, -0.05) is 66.8 Å². The van der Waals surface area contributed by atoms with E-state index >= 15 is 0 Å². The van der Waals surface area contributed by atoms with Gasteiger partial charge in [-0.2, -0.15) is 0 Å². The van der Waals surface area contributed by atoms with E-state index in [-0.39, 0.29) is 11.9 Å². The molecule has 0 saturated carbocycles. The van der Waals surface area contributed by atoms with E-state index in [9.17, 15) is 4.39 Å². The maximum absolute atomic E-state index is 13.3. The summed E-state index contributed by atoms with van der Waals surface area (Å²) in [6.07, 6.45) is 15.9. The summed E-state index contributed by atoms with van der Waals surface area (Å²) in [4.78, 5) is 2.32. The lowest BCUT2D eigenvalue weighted by atomic mass is 10.0. The number of nitrogen functional groups attached to an aromatic ring is 1. The van der Waals surface area contributed by atoms with E-state index in [1.807, 2.05) is 19.2 Å². The summed E-state index contributed by atoms with van der Waals surface area (Å²) in [6.45, 7) is 4.32. The Morgan fingerprint density at radius 3 is 2.58 bits per heavy atom. The summed E-state index contributed by atoms with van der Waals surface area (Å²) in [7, 11) is 2.94. The lowest BCUT2D eigenvalue weighted by molar-refractivity contribution is 0.286. The second-order valence-corrected chi connectivity index (χ2v) is 7.89. The van der Waals surface area contributed by atoms with E-state index in [1.54, 1.807) is 0 Å². The molecular weight excluding hydrogens is 413 g/mol. The molecule has 0 amide bonds. The van der Waals surface area contributed by atoms with Gasteiger partial charge in [0.2, 0.25) is 0 Å². The first-order chi connectivity index (χ1) is 16.0. The smallest absolute Gasteiger partial charge is 0.123 e. The SMILES string of the molecule is CNC(C)c1ccc(CN(C/C=C/C2=CCC=CC=C2)Cc2ccc(F)cc2)c(N)c1.CO. The molecule has 1 aliphatic carbocycles. The molecule has 176 valence electrons. The highest BCUT2D eigenvalue weighted by Crippen LogP contribution is 2.22. The second-order valence-electron chi connectivity index (χ2n) is 7.89. The first-order valence-corrected chi connectivity index (χ1v) is 11.2. The average molecular weight is 450 g/mol. The number of anilines is 1. The van der Waals surface area contributed by atoms with Gasteiger partial charge in [-0.15, -0.1) is 0 Å². The Hall–Kier alpha value is -2.99. The van der Waals surface area contributed by atoms with Crippen LogP contribution in [0, 0.1) is 5.82 Å². The van der Waals surface area contributed by atoms with E-state index in [1.165, 1.54) is 23.3 Å². The summed E-state index contributed by atoms with van der Waals surface area (Å²) in [5.74, 6) is -0.214. The van der Waals surface area contributed by atoms with E-state index in [2.05, 4.69) is 77.9 Å². The second kappa shape index (κ2) is 14.2. The Labute approximate surface area is 197 Å². The van der Waals surface area contributed by atoms with Crippen molar-refractivity contribution in [3.05, 3.63) is 113 Å². The van der Waals surface area contributed by atoms with Crippen LogP contribution in [0.15, 0.2) is 90.6 Å². The quantitative estimate of drug-likeness (QED) is 0.455. The van der Waals surface area contributed by atoms with Gasteiger partial charge in [-0.05, 0) is 60.9 Å². The van der Waals surface area contributed by atoms with Crippen LogP contribution < -0.4 is 11.1 Å². The van der Waals surface area contributed by atoms with Crippen LogP contribution in [-0.4, -0.2) is 30.7 Å². The zero-order valence-electron chi connectivity index (χ0n) is 19.8. The van der Waals surface area contributed by atoms with Gasteiger partial charge in [0.1, 0.15) is 5.82 Å². The van der Waals surface area contributed by atoms with Crippen LogP contribution in [0.3, 0.4) is 0 Å². The lowest BCUT2D eigenvalue weighted by Gasteiger charge is -2.23. The molecule has 4 N–H and O–H groups in total. The van der Waals surface area contributed by atoms with Crippen LogP contribution in [0.1, 0.15) is 36.1 Å². The highest BCUT2D eigenvalue weighted by Gasteiger charge is 2.11. The van der Waals surface area contributed by atoms with Gasteiger partial charge in [0.25, 0.3) is 0 Å². The third-order valence-corrected chi connectivity index (χ3v) is 5.52. The molecule has 0 heterocycles. The molecule has 5 heteroatoms. The number of nitrogens with two attached hydrogens (primary N) is 1. The minimum Gasteiger partial charge on any atom is -0.400 e. The summed E-state index contributed by atoms with van der Waals surface area (Å²) in [5.41, 5.74) is 11.7. The van der Waals surface area contributed by atoms with Crippen molar-refractivity contribution in [3.63, 3.8) is 0 Å². The topological polar surface area (TPSA) is 61.5 Å². The zero-order chi connectivity index (χ0) is 24.1. The van der Waals surface area contributed by atoms with E-state index < -0.39 is 0 Å². The van der Waals surface area contributed by atoms with Crippen molar-refractivity contribution in [1.82, 2.24) is 10.2 Å². The first-order valence-electron chi connectivity index (χ1n) is 11.2. The van der Waals surface area contributed by atoms with E-state index in [0.717, 1.165) is 50.0 Å². The van der Waals surface area contributed by atoms with Crippen molar-refractivity contribution in [2.45, 2.75) is 32.5 Å². The first kappa shape index (κ1) is 26.3. The minimum absolute atomic E-state index is 0.214. The van der Waals surface area contributed by atoms with Gasteiger partial charge in [0.05, 0.1) is 0 Å². The van der Waals surface area contributed by atoms with Gasteiger partial charge < -0.3 is 16.2 Å². The van der Waals surface area contributed by atoms with Crippen molar-refractivity contribution in [3.8, 4) is 0 Å². The molecular formula is C28H36FN3O. The molecule has 33 heavy (non-hydrogen) atoms. The lowest BCUT2D eigenvalue weighted by Crippen LogP contribution is -2.23. The summed E-state index contributed by atoms with van der Waals surface area (Å²) in [6, 6.07) is 13.3. The van der Waals surface area contributed by atoms with Crippen molar-refractivity contribution in [1.29, 1.82) is 0 Å². The third kappa shape index (κ3) is 8.81. The normalized spacial score (nSPS) is 14.1. The maximum atomic E-state index is 13.3. The number of nitrogens with zero attached hydrogens (tertiary/aromatic N) is 1. The molecule has 0 saturated heterocycles. The van der Waals surface area contributed by atoms with Crippen molar-refractivity contribution in [2.24, 2.45) is 0 Å². The van der Waals surface area contributed by atoms with Crippen LogP contribution in [0.5, 0.6) is 0 Å². The number of aliphatic hydroxyl groups excluding tert-OH is 1. The molecule has 1 aliphatic rings. The Morgan fingerprint density at radius 2 is 1.88 bits per heavy atom. The number of hydrogen-bond acceptors (Lipinski definition) is 4. The predicted octanol–water partition coefficient (Wildman–Crippen LogP) is 5.30. The fourth-order valence-corrected chi connectivity index (χ4v) is 3.52. The number of halogens is 1. The van der Waals surface area contributed by atoms with Gasteiger partial charge in [-0.25, -0.2) is 4.39 Å². The number of allylic oxidation sites excluding steroid dienone is 7. The largest absolute Gasteiger partial charge is 0.400 e. The Kier molecular flexibility index (Phi) is 11.3. The van der Waals surface area contributed by atoms with E-state index in [0.29, 0.717) is 0 Å². The molecule has 3 rings (SSSR count). The number of hydrogen-bond donors (Lipinski definition) is 3. The number of aliphatic hydroxyl groups is 1. The molecule has 0 aliphatic heterocycles. The third-order valence-electron chi connectivity index (χ3n) is 5.52. The summed E-state index contributed by atoms with van der Waals surface area (Å²) < 4.78 is 13.3. The average Bonchev–Trinajstić information content (AvgIpc) is 3.11. The molecule has 0 radical (unpaired) electrons. The van der Waals surface area contributed by atoms with E-state index in [4.69, 9.17) is 10.8 Å². The molecule has 0 aromatic heterocycles. The van der Waals surface area contributed by atoms with Crippen LogP contribution in [-0.2, 0) is 13.1 Å². The van der Waals surface area contributed by atoms with Gasteiger partial charge in [0.15, 0.2) is 0 Å². The molecule has 0 spiro atoms. The van der Waals surface area contributed by atoms with Crippen LogP contribution in [0.4, 0.5) is 10.1 Å². The molecule has 0 fully saturated rings. The number of nitrogens with one attached hydrogen (secondary N) is 1. The Balaban J connectivity index is 0.00000187. The minimum atomic E-state index is -0.214. The Morgan fingerprint density at radius 1 is 1.12 bits per heavy atom. The van der Waals surface area contributed by atoms with Crippen molar-refractivity contribution >= 4 is 5.69 Å². The molecule has 1 atom stereocenters. The number of rotatable bonds is 9. The predicted molar refractivity (Wildman–Crippen MR) is 137 cm³/mol. The number of benzene rings is 2. The fraction of sp³-hybridized carbons (Fsp3) is 0.286. The maximum Gasteiger partial charge on any atom is 0.123 e. The zero-order valence-corrected chi connectivity index (χ0v) is 19.8. The molecule has 1 unspecified atom stereocenters. The summed E-state index contributed by atoms with van der Waals surface area (Å²) in [5, 5.41) is 10.2. The molecule has 2 aromatic carbocycles. The van der Waals surface area contributed by atoms with Crippen molar-refractivity contribution in [2.75, 3.05) is 26.4 Å². The highest BCUT2D eigenvalue weighted by atomic mass is 19.1. The molecule has 0 bridgehead atoms. The molecule has 4 nitrogen and oxygen atoms in total. The van der Waals surface area contributed by atoms with Crippen molar-refractivity contribution < 1.29 is 9.50 Å². The fourth-order valence-electron chi connectivity index (χ4n) is 3.52. The van der Waals surface area contributed by atoms with Gasteiger partial charge >= 0.3 is 0 Å². The van der Waals surface area contributed by atoms with Crippen LogP contribution >= 0.6 is 0 Å². The standard InChI is InChI=1S/C27H32FN3.CH4O/c1-21(30-2)24-13-14-25(27(29)18-24)20-31(19-23-11-15-26(28)16-12-23)17-7-10-22-8-5-3-4-6-9-22;1-2/h3-5,7-16,18,21,30H,6,17,19-20,29H2,1-2H3;2H,1H3/b10-7+;. The van der Waals surface area contributed by atoms with Crippen LogP contribution in [0.25, 0.3) is 0 Å². The summed E-state index contributed by atoms with van der Waals surface area (Å²) >= 11 is 0. The van der Waals surface area contributed by atoms with Gasteiger partial charge in [0, 0.05) is 38.5 Å².